The van der Waals surface area contributed by atoms with E-state index in [1.54, 1.807) is 0 Å². The van der Waals surface area contributed by atoms with Crippen LogP contribution < -0.4 is 4.90 Å². The van der Waals surface area contributed by atoms with Crippen molar-refractivity contribution in [2.24, 2.45) is 0 Å². The Kier molecular flexibility index (Phi) is 8.76. The van der Waals surface area contributed by atoms with Gasteiger partial charge in [0.1, 0.15) is 0 Å². The third-order valence-electron chi connectivity index (χ3n) is 13.0. The first kappa shape index (κ1) is 36.6. The Morgan fingerprint density at radius 3 is 1.57 bits per heavy atom. The molecule has 0 amide bonds. The second-order valence-electron chi connectivity index (χ2n) is 16.5. The van der Waals surface area contributed by atoms with Gasteiger partial charge in [-0.2, -0.15) is 0 Å². The highest BCUT2D eigenvalue weighted by Gasteiger charge is 2.46. The van der Waals surface area contributed by atoms with E-state index in [4.69, 9.17) is 0 Å². The lowest BCUT2D eigenvalue weighted by Gasteiger charge is -2.35. The van der Waals surface area contributed by atoms with Gasteiger partial charge in [-0.1, -0.05) is 188 Å². The van der Waals surface area contributed by atoms with Crippen LogP contribution in [0.15, 0.2) is 255 Å². The van der Waals surface area contributed by atoms with Gasteiger partial charge in [0.2, 0.25) is 0 Å². The third-order valence-corrected chi connectivity index (χ3v) is 13.0. The summed E-state index contributed by atoms with van der Waals surface area (Å²) < 4.78 is 2.40. The minimum Gasteiger partial charge on any atom is -0.310 e. The molecule has 1 aliphatic rings. The second-order valence-corrected chi connectivity index (χ2v) is 16.5. The van der Waals surface area contributed by atoms with Crippen molar-refractivity contribution < 1.29 is 0 Å². The topological polar surface area (TPSA) is 8.17 Å². The van der Waals surface area contributed by atoms with Crippen LogP contribution >= 0.6 is 0 Å². The van der Waals surface area contributed by atoms with Crippen molar-refractivity contribution in [2.75, 3.05) is 4.90 Å². The van der Waals surface area contributed by atoms with Crippen LogP contribution in [0.25, 0.3) is 60.9 Å². The summed E-state index contributed by atoms with van der Waals surface area (Å²) >= 11 is 0. The van der Waals surface area contributed by atoms with E-state index in [1.807, 2.05) is 0 Å². The molecule has 0 atom stereocenters. The first-order chi connectivity index (χ1) is 31.3. The number of nitrogens with zero attached hydrogens (tertiary/aromatic N) is 2. The number of aromatic nitrogens is 1. The molecule has 296 valence electrons. The van der Waals surface area contributed by atoms with Crippen LogP contribution in [-0.4, -0.2) is 4.57 Å². The summed E-state index contributed by atoms with van der Waals surface area (Å²) in [6, 6.07) is 93.4. The Labute approximate surface area is 368 Å². The molecule has 0 radical (unpaired) electrons. The van der Waals surface area contributed by atoms with Crippen LogP contribution in [-0.2, 0) is 5.41 Å². The lowest BCUT2D eigenvalue weighted by atomic mass is 9.67. The molecular weight excluding hydrogens is 761 g/mol. The molecule has 1 aromatic heterocycles. The summed E-state index contributed by atoms with van der Waals surface area (Å²) in [6.45, 7) is 0. The molecule has 2 nitrogen and oxygen atoms in total. The van der Waals surface area contributed by atoms with Crippen LogP contribution in [0.1, 0.15) is 22.3 Å². The molecule has 63 heavy (non-hydrogen) atoms. The monoisotopic (exact) mass is 802 g/mol. The fraction of sp³-hybridized carbons (Fsp3) is 0.0164. The summed E-state index contributed by atoms with van der Waals surface area (Å²) in [6.07, 6.45) is 0. The largest absolute Gasteiger partial charge is 0.310 e. The maximum atomic E-state index is 2.46. The number of hydrogen-bond acceptors (Lipinski definition) is 1. The number of hydrogen-bond donors (Lipinski definition) is 0. The van der Waals surface area contributed by atoms with Gasteiger partial charge in [-0.15, -0.1) is 0 Å². The SMILES string of the molecule is c1ccc(-c2cc(-c3ccc4c5ccccc5n(-c5ccccc5)c4c3)cc(N(c3ccccc3)c3ccc4c(c3)C(c3ccccc3)(c3ccccc3)c3ccccc3-4)c2)cc1. The van der Waals surface area contributed by atoms with Gasteiger partial charge in [0.05, 0.1) is 16.4 Å². The van der Waals surface area contributed by atoms with Crippen molar-refractivity contribution in [3.63, 3.8) is 0 Å². The van der Waals surface area contributed by atoms with Crippen LogP contribution in [0, 0.1) is 0 Å². The van der Waals surface area contributed by atoms with Crippen molar-refractivity contribution in [1.82, 2.24) is 4.57 Å². The van der Waals surface area contributed by atoms with E-state index >= 15 is 0 Å². The summed E-state index contributed by atoms with van der Waals surface area (Å²) in [5.41, 5.74) is 18.5. The van der Waals surface area contributed by atoms with Crippen LogP contribution in [0.4, 0.5) is 17.1 Å². The van der Waals surface area contributed by atoms with E-state index in [0.717, 1.165) is 39.4 Å². The van der Waals surface area contributed by atoms with E-state index in [9.17, 15) is 0 Å². The number of rotatable bonds is 8. The van der Waals surface area contributed by atoms with Gasteiger partial charge in [-0.25, -0.2) is 0 Å². The molecule has 0 saturated carbocycles. The maximum absolute atomic E-state index is 2.46. The van der Waals surface area contributed by atoms with Gasteiger partial charge in [-0.3, -0.25) is 0 Å². The highest BCUT2D eigenvalue weighted by molar-refractivity contribution is 6.10. The molecule has 12 rings (SSSR count). The van der Waals surface area contributed by atoms with Crippen LogP contribution in [0.5, 0.6) is 0 Å². The van der Waals surface area contributed by atoms with Gasteiger partial charge >= 0.3 is 0 Å². The molecule has 0 saturated heterocycles. The average Bonchev–Trinajstić information content (AvgIpc) is 3.85. The molecule has 1 aliphatic carbocycles. The molecule has 10 aromatic carbocycles. The molecular formula is C61H42N2. The highest BCUT2D eigenvalue weighted by Crippen LogP contribution is 2.57. The summed E-state index contributed by atoms with van der Waals surface area (Å²) in [5.74, 6) is 0. The minimum atomic E-state index is -0.517. The molecule has 0 fully saturated rings. The van der Waals surface area contributed by atoms with Gasteiger partial charge in [-0.05, 0) is 122 Å². The van der Waals surface area contributed by atoms with Gasteiger partial charge in [0.15, 0.2) is 0 Å². The number of anilines is 3. The van der Waals surface area contributed by atoms with E-state index in [1.165, 1.54) is 60.8 Å². The van der Waals surface area contributed by atoms with E-state index in [2.05, 4.69) is 264 Å². The predicted octanol–water partition coefficient (Wildman–Crippen LogP) is 16.0. The Hall–Kier alpha value is -8.20. The van der Waals surface area contributed by atoms with Gasteiger partial charge < -0.3 is 9.47 Å². The zero-order valence-electron chi connectivity index (χ0n) is 34.6. The molecule has 0 unspecified atom stereocenters. The number of para-hydroxylation sites is 3. The molecule has 0 spiro atoms. The third kappa shape index (κ3) is 5.95. The number of benzene rings is 10. The Bertz CT molecular complexity index is 3390. The van der Waals surface area contributed by atoms with Crippen molar-refractivity contribution in [2.45, 2.75) is 5.41 Å². The van der Waals surface area contributed by atoms with Gasteiger partial charge in [0.25, 0.3) is 0 Å². The average molecular weight is 803 g/mol. The maximum Gasteiger partial charge on any atom is 0.0714 e. The molecule has 2 heteroatoms. The molecule has 11 aromatic rings. The van der Waals surface area contributed by atoms with E-state index in [-0.39, 0.29) is 0 Å². The van der Waals surface area contributed by atoms with Crippen molar-refractivity contribution in [3.8, 4) is 39.1 Å². The first-order valence-corrected chi connectivity index (χ1v) is 21.8. The van der Waals surface area contributed by atoms with Crippen molar-refractivity contribution in [1.29, 1.82) is 0 Å². The molecule has 1 heterocycles. The second kappa shape index (κ2) is 15.1. The Balaban J connectivity index is 1.11. The van der Waals surface area contributed by atoms with Crippen molar-refractivity contribution in [3.05, 3.63) is 277 Å². The fourth-order valence-corrected chi connectivity index (χ4v) is 10.3. The molecule has 0 aliphatic heterocycles. The molecule has 0 bridgehead atoms. The lowest BCUT2D eigenvalue weighted by molar-refractivity contribution is 0.768. The quantitative estimate of drug-likeness (QED) is 0.149. The lowest BCUT2D eigenvalue weighted by Crippen LogP contribution is -2.28. The zero-order chi connectivity index (χ0) is 41.7. The van der Waals surface area contributed by atoms with Crippen molar-refractivity contribution >= 4 is 38.9 Å². The summed E-state index contributed by atoms with van der Waals surface area (Å²) in [5, 5.41) is 2.49. The first-order valence-electron chi connectivity index (χ1n) is 21.8. The predicted molar refractivity (Wildman–Crippen MR) is 264 cm³/mol. The normalized spacial score (nSPS) is 12.6. The molecule has 0 N–H and O–H groups in total. The van der Waals surface area contributed by atoms with Gasteiger partial charge in [0, 0.05) is 33.5 Å². The summed E-state index contributed by atoms with van der Waals surface area (Å²) in [7, 11) is 0. The Morgan fingerprint density at radius 1 is 0.302 bits per heavy atom. The van der Waals surface area contributed by atoms with E-state index < -0.39 is 5.41 Å². The highest BCUT2D eigenvalue weighted by atomic mass is 15.1. The Morgan fingerprint density at radius 2 is 0.857 bits per heavy atom. The fourth-order valence-electron chi connectivity index (χ4n) is 10.3. The smallest absolute Gasteiger partial charge is 0.0714 e. The zero-order valence-corrected chi connectivity index (χ0v) is 34.6. The van der Waals surface area contributed by atoms with Crippen LogP contribution in [0.2, 0.25) is 0 Å². The van der Waals surface area contributed by atoms with Crippen LogP contribution in [0.3, 0.4) is 0 Å². The van der Waals surface area contributed by atoms with E-state index in [0.29, 0.717) is 0 Å². The minimum absolute atomic E-state index is 0.517. The standard InChI is InChI=1S/C61H42N2/c1-6-20-43(21-7-1)45-38-46(44-34-36-56-55-31-17-19-33-59(55)63(60(56)41-44)50-28-14-5-15-29-50)40-52(39-45)62(49-26-12-4-13-27-49)51-35-37-54-53-30-16-18-32-57(53)61(58(54)42-51,47-22-8-2-9-23-47)48-24-10-3-11-25-48/h1-42H. The number of fused-ring (bicyclic) bond motifs is 6. The summed E-state index contributed by atoms with van der Waals surface area (Å²) in [4.78, 5) is 2.44.